The number of esters is 1. The van der Waals surface area contributed by atoms with Gasteiger partial charge in [-0.3, -0.25) is 4.79 Å². The molecule has 0 spiro atoms. The van der Waals surface area contributed by atoms with E-state index in [0.717, 1.165) is 12.8 Å². The lowest BCUT2D eigenvalue weighted by molar-refractivity contribution is 0.0499. The number of anilines is 2. The Morgan fingerprint density at radius 1 is 1.17 bits per heavy atom. The van der Waals surface area contributed by atoms with Gasteiger partial charge < -0.3 is 30.0 Å². The van der Waals surface area contributed by atoms with Gasteiger partial charge in [0, 0.05) is 24.8 Å². The minimum Gasteiger partial charge on any atom is -0.465 e. The van der Waals surface area contributed by atoms with Crippen LogP contribution in [-0.4, -0.2) is 54.8 Å². The number of hydrogen-bond donors (Lipinski definition) is 3. The quantitative estimate of drug-likeness (QED) is 0.465. The molecule has 2 amide bonds. The Hall–Kier alpha value is -2.91. The fourth-order valence-corrected chi connectivity index (χ4v) is 4.26. The Kier molecular flexibility index (Phi) is 8.22. The molecule has 0 unspecified atom stereocenters. The first-order valence-electron chi connectivity index (χ1n) is 11.2. The van der Waals surface area contributed by atoms with Gasteiger partial charge in [-0.1, -0.05) is 23.2 Å². The average molecular weight is 525 g/mol. The van der Waals surface area contributed by atoms with Crippen LogP contribution in [0.3, 0.4) is 0 Å². The van der Waals surface area contributed by atoms with Gasteiger partial charge in [-0.25, -0.2) is 9.59 Å². The van der Waals surface area contributed by atoms with E-state index in [2.05, 4.69) is 15.6 Å². The van der Waals surface area contributed by atoms with Crippen LogP contribution in [0, 0.1) is 6.92 Å². The molecule has 0 aliphatic carbocycles. The van der Waals surface area contributed by atoms with Crippen LogP contribution in [0.2, 0.25) is 10.0 Å². The maximum absolute atomic E-state index is 13.0. The van der Waals surface area contributed by atoms with E-state index < -0.39 is 23.6 Å². The minimum absolute atomic E-state index is 0.133. The van der Waals surface area contributed by atoms with Crippen molar-refractivity contribution in [3.8, 4) is 0 Å². The number of nitrogens with one attached hydrogen (secondary N) is 3. The highest BCUT2D eigenvalue weighted by Crippen LogP contribution is 2.33. The molecule has 0 bridgehead atoms. The summed E-state index contributed by atoms with van der Waals surface area (Å²) < 4.78 is 10.2. The second-order valence-electron chi connectivity index (χ2n) is 9.36. The molecular weight excluding hydrogens is 495 g/mol. The maximum atomic E-state index is 13.0. The zero-order valence-electron chi connectivity index (χ0n) is 20.4. The predicted octanol–water partition coefficient (Wildman–Crippen LogP) is 5.16. The molecule has 9 nitrogen and oxygen atoms in total. The third kappa shape index (κ3) is 6.61. The molecule has 1 aromatic heterocycles. The highest BCUT2D eigenvalue weighted by atomic mass is 35.5. The number of amides is 2. The first-order chi connectivity index (χ1) is 16.4. The average Bonchev–Trinajstić information content (AvgIpc) is 3.05. The second kappa shape index (κ2) is 10.8. The van der Waals surface area contributed by atoms with Crippen LogP contribution in [0.25, 0.3) is 0 Å². The molecule has 1 saturated heterocycles. The largest absolute Gasteiger partial charge is 0.465 e. The van der Waals surface area contributed by atoms with Gasteiger partial charge in [0.2, 0.25) is 0 Å². The zero-order valence-corrected chi connectivity index (χ0v) is 21.9. The SMILES string of the molecule is COC(=O)c1ccc(NC(=O)c2[nH]c(C)c(Cl)c2Cl)c(N2CCC[C@H](NC(=O)OC(C)(C)C)C2)c1. The van der Waals surface area contributed by atoms with E-state index in [1.165, 1.54) is 7.11 Å². The molecule has 1 aliphatic heterocycles. The monoisotopic (exact) mass is 524 g/mol. The molecule has 3 rings (SSSR count). The summed E-state index contributed by atoms with van der Waals surface area (Å²) in [7, 11) is 1.30. The number of carbonyl (C=O) groups excluding carboxylic acids is 3. The lowest BCUT2D eigenvalue weighted by Gasteiger charge is -2.36. The molecule has 1 fully saturated rings. The van der Waals surface area contributed by atoms with Crippen molar-refractivity contribution >= 4 is 52.5 Å². The van der Waals surface area contributed by atoms with Crippen molar-refractivity contribution in [1.82, 2.24) is 10.3 Å². The molecule has 3 N–H and O–H groups in total. The zero-order chi connectivity index (χ0) is 25.9. The van der Waals surface area contributed by atoms with Crippen LogP contribution in [0.15, 0.2) is 18.2 Å². The lowest BCUT2D eigenvalue weighted by Crippen LogP contribution is -2.49. The van der Waals surface area contributed by atoms with Crippen molar-refractivity contribution in [3.63, 3.8) is 0 Å². The molecule has 190 valence electrons. The summed E-state index contributed by atoms with van der Waals surface area (Å²) in [6.07, 6.45) is 1.06. The van der Waals surface area contributed by atoms with Crippen LogP contribution in [0.1, 0.15) is 60.2 Å². The van der Waals surface area contributed by atoms with Gasteiger partial charge in [-0.15, -0.1) is 0 Å². The van der Waals surface area contributed by atoms with E-state index in [4.69, 9.17) is 32.7 Å². The summed E-state index contributed by atoms with van der Waals surface area (Å²) in [4.78, 5) is 42.4. The standard InChI is InChI=1S/C24H30Cl2N4O5/c1-13-18(25)19(26)20(27-13)21(31)29-16-9-8-14(22(32)34-5)11-17(16)30-10-6-7-15(12-30)28-23(33)35-24(2,3)4/h8-9,11,15,27H,6-7,10,12H2,1-5H3,(H,28,33)(H,29,31)/t15-/m0/s1. The number of nitrogens with zero attached hydrogens (tertiary/aromatic N) is 1. The molecular formula is C24H30Cl2N4O5. The van der Waals surface area contributed by atoms with Crippen LogP contribution < -0.4 is 15.5 Å². The first kappa shape index (κ1) is 26.7. The number of H-pyrrole nitrogens is 1. The molecule has 1 aliphatic rings. The normalized spacial score (nSPS) is 16.0. The summed E-state index contributed by atoms with van der Waals surface area (Å²) in [6, 6.07) is 4.68. The van der Waals surface area contributed by atoms with Crippen LogP contribution in [-0.2, 0) is 9.47 Å². The molecule has 1 atom stereocenters. The lowest BCUT2D eigenvalue weighted by atomic mass is 10.0. The van der Waals surface area contributed by atoms with Crippen molar-refractivity contribution in [2.75, 3.05) is 30.4 Å². The number of aromatic nitrogens is 1. The van der Waals surface area contributed by atoms with E-state index >= 15 is 0 Å². The molecule has 0 radical (unpaired) electrons. The molecule has 0 saturated carbocycles. The number of halogens is 2. The van der Waals surface area contributed by atoms with Crippen LogP contribution >= 0.6 is 23.2 Å². The third-order valence-corrected chi connectivity index (χ3v) is 6.38. The second-order valence-corrected chi connectivity index (χ2v) is 10.1. The fraction of sp³-hybridized carbons (Fsp3) is 0.458. The summed E-state index contributed by atoms with van der Waals surface area (Å²) in [5, 5.41) is 6.18. The number of aromatic amines is 1. The molecule has 35 heavy (non-hydrogen) atoms. The number of alkyl carbamates (subject to hydrolysis) is 1. The fourth-order valence-electron chi connectivity index (χ4n) is 3.84. The van der Waals surface area contributed by atoms with E-state index in [0.29, 0.717) is 35.7 Å². The van der Waals surface area contributed by atoms with Gasteiger partial charge in [0.25, 0.3) is 5.91 Å². The van der Waals surface area contributed by atoms with Gasteiger partial charge in [-0.05, 0) is 58.7 Å². The van der Waals surface area contributed by atoms with Crippen molar-refractivity contribution in [2.45, 2.75) is 52.2 Å². The number of carbonyl (C=O) groups is 3. The molecule has 11 heteroatoms. The summed E-state index contributed by atoms with van der Waals surface area (Å²) in [6.45, 7) is 8.25. The highest BCUT2D eigenvalue weighted by molar-refractivity contribution is 6.44. The summed E-state index contributed by atoms with van der Waals surface area (Å²) in [5.41, 5.74) is 1.53. The van der Waals surface area contributed by atoms with E-state index in [1.54, 1.807) is 45.9 Å². The Balaban J connectivity index is 1.87. The molecule has 2 aromatic rings. The van der Waals surface area contributed by atoms with Crippen molar-refractivity contribution in [3.05, 3.63) is 45.2 Å². The Morgan fingerprint density at radius 3 is 2.49 bits per heavy atom. The van der Waals surface area contributed by atoms with E-state index in [-0.39, 0.29) is 21.8 Å². The predicted molar refractivity (Wildman–Crippen MR) is 136 cm³/mol. The Bertz CT molecular complexity index is 1130. The van der Waals surface area contributed by atoms with Crippen LogP contribution in [0.4, 0.5) is 16.2 Å². The van der Waals surface area contributed by atoms with E-state index in [1.807, 2.05) is 4.90 Å². The number of benzene rings is 1. The first-order valence-corrected chi connectivity index (χ1v) is 12.0. The smallest absolute Gasteiger partial charge is 0.407 e. The van der Waals surface area contributed by atoms with Crippen molar-refractivity contribution in [1.29, 1.82) is 0 Å². The highest BCUT2D eigenvalue weighted by Gasteiger charge is 2.27. The topological polar surface area (TPSA) is 113 Å². The maximum Gasteiger partial charge on any atom is 0.407 e. The van der Waals surface area contributed by atoms with Gasteiger partial charge in [0.05, 0.1) is 34.1 Å². The molecule has 1 aromatic carbocycles. The summed E-state index contributed by atoms with van der Waals surface area (Å²) in [5.74, 6) is -0.975. The van der Waals surface area contributed by atoms with E-state index in [9.17, 15) is 14.4 Å². The number of piperidine rings is 1. The molecule has 2 heterocycles. The van der Waals surface area contributed by atoms with Gasteiger partial charge in [-0.2, -0.15) is 0 Å². The third-order valence-electron chi connectivity index (χ3n) is 5.43. The Morgan fingerprint density at radius 2 is 1.89 bits per heavy atom. The number of methoxy groups -OCH3 is 1. The number of ether oxygens (including phenoxy) is 2. The number of aryl methyl sites for hydroxylation is 1. The summed E-state index contributed by atoms with van der Waals surface area (Å²) >= 11 is 12.3. The van der Waals surface area contributed by atoms with Gasteiger partial charge >= 0.3 is 12.1 Å². The van der Waals surface area contributed by atoms with Gasteiger partial charge in [0.15, 0.2) is 0 Å². The number of rotatable bonds is 5. The van der Waals surface area contributed by atoms with Crippen molar-refractivity contribution < 1.29 is 23.9 Å². The van der Waals surface area contributed by atoms with Gasteiger partial charge in [0.1, 0.15) is 11.3 Å². The van der Waals surface area contributed by atoms with Crippen LogP contribution in [0.5, 0.6) is 0 Å². The van der Waals surface area contributed by atoms with Crippen molar-refractivity contribution in [2.24, 2.45) is 0 Å². The Labute approximate surface area is 214 Å². The number of hydrogen-bond acceptors (Lipinski definition) is 6. The minimum atomic E-state index is -0.606.